The molecule has 9 heteroatoms. The SMILES string of the molecule is CN(C)CCCNc1nc(N(C)C)nc2cc(-c3ccc(C(F)(F)F)cc3)sc12. The maximum Gasteiger partial charge on any atom is 0.416 e. The summed E-state index contributed by atoms with van der Waals surface area (Å²) in [6.07, 6.45) is -3.37. The van der Waals surface area contributed by atoms with Crippen LogP contribution in [0.1, 0.15) is 12.0 Å². The third-order valence-electron chi connectivity index (χ3n) is 4.33. The van der Waals surface area contributed by atoms with E-state index in [4.69, 9.17) is 0 Å². The number of rotatable bonds is 7. The number of benzene rings is 1. The number of anilines is 2. The van der Waals surface area contributed by atoms with E-state index in [1.165, 1.54) is 23.5 Å². The van der Waals surface area contributed by atoms with Crippen molar-refractivity contribution in [3.63, 3.8) is 0 Å². The van der Waals surface area contributed by atoms with Gasteiger partial charge in [0.05, 0.1) is 15.8 Å². The summed E-state index contributed by atoms with van der Waals surface area (Å²) in [6, 6.07) is 7.12. The minimum Gasteiger partial charge on any atom is -0.369 e. The molecular weight excluding hydrogens is 399 g/mol. The Morgan fingerprint density at radius 3 is 2.31 bits per heavy atom. The van der Waals surface area contributed by atoms with Crippen molar-refractivity contribution in [1.29, 1.82) is 0 Å². The zero-order valence-electron chi connectivity index (χ0n) is 16.8. The van der Waals surface area contributed by atoms with Gasteiger partial charge >= 0.3 is 6.18 Å². The number of thiophene rings is 1. The van der Waals surface area contributed by atoms with Crippen molar-refractivity contribution < 1.29 is 13.2 Å². The van der Waals surface area contributed by atoms with Crippen LogP contribution in [0.3, 0.4) is 0 Å². The maximum atomic E-state index is 12.8. The highest BCUT2D eigenvalue weighted by molar-refractivity contribution is 7.22. The molecule has 3 aromatic rings. The first-order chi connectivity index (χ1) is 13.6. The number of hydrogen-bond donors (Lipinski definition) is 1. The number of fused-ring (bicyclic) bond motifs is 1. The fourth-order valence-electron chi connectivity index (χ4n) is 2.81. The first-order valence-corrected chi connectivity index (χ1v) is 10.0. The number of hydrogen-bond acceptors (Lipinski definition) is 6. The van der Waals surface area contributed by atoms with E-state index in [-0.39, 0.29) is 0 Å². The summed E-state index contributed by atoms with van der Waals surface area (Å²) in [4.78, 5) is 14.0. The van der Waals surface area contributed by atoms with Gasteiger partial charge in [-0.1, -0.05) is 12.1 Å². The van der Waals surface area contributed by atoms with Gasteiger partial charge in [0, 0.05) is 25.5 Å². The minimum atomic E-state index is -4.34. The van der Waals surface area contributed by atoms with Gasteiger partial charge in [-0.2, -0.15) is 18.2 Å². The van der Waals surface area contributed by atoms with Crippen LogP contribution in [0.5, 0.6) is 0 Å². The number of nitrogens with zero attached hydrogens (tertiary/aromatic N) is 4. The molecule has 0 aliphatic rings. The van der Waals surface area contributed by atoms with E-state index in [1.54, 1.807) is 0 Å². The van der Waals surface area contributed by atoms with E-state index in [9.17, 15) is 13.2 Å². The monoisotopic (exact) mass is 423 g/mol. The van der Waals surface area contributed by atoms with Crippen molar-refractivity contribution >= 4 is 33.3 Å². The molecule has 2 aromatic heterocycles. The summed E-state index contributed by atoms with van der Waals surface area (Å²) in [6.45, 7) is 1.73. The zero-order valence-corrected chi connectivity index (χ0v) is 17.7. The van der Waals surface area contributed by atoms with Crippen molar-refractivity contribution in [3.8, 4) is 10.4 Å². The molecular formula is C20H24F3N5S. The average molecular weight is 424 g/mol. The largest absolute Gasteiger partial charge is 0.416 e. The van der Waals surface area contributed by atoms with Crippen molar-refractivity contribution in [2.24, 2.45) is 0 Å². The number of aromatic nitrogens is 2. The van der Waals surface area contributed by atoms with Gasteiger partial charge in [-0.15, -0.1) is 11.3 Å². The highest BCUT2D eigenvalue weighted by atomic mass is 32.1. The fourth-order valence-corrected chi connectivity index (χ4v) is 3.87. The number of halogens is 3. The van der Waals surface area contributed by atoms with Gasteiger partial charge in [-0.05, 0) is 50.8 Å². The molecule has 0 unspecified atom stereocenters. The molecule has 3 rings (SSSR count). The van der Waals surface area contributed by atoms with Gasteiger partial charge in [0.1, 0.15) is 5.82 Å². The molecule has 156 valence electrons. The van der Waals surface area contributed by atoms with Gasteiger partial charge < -0.3 is 15.1 Å². The summed E-state index contributed by atoms with van der Waals surface area (Å²) >= 11 is 1.48. The van der Waals surface area contributed by atoms with Crippen LogP contribution in [0.4, 0.5) is 24.9 Å². The topological polar surface area (TPSA) is 44.3 Å². The van der Waals surface area contributed by atoms with Crippen LogP contribution >= 0.6 is 11.3 Å². The molecule has 0 saturated carbocycles. The van der Waals surface area contributed by atoms with E-state index >= 15 is 0 Å². The van der Waals surface area contributed by atoms with Crippen molar-refractivity contribution in [2.45, 2.75) is 12.6 Å². The van der Waals surface area contributed by atoms with Crippen LogP contribution in [0.15, 0.2) is 30.3 Å². The molecule has 5 nitrogen and oxygen atoms in total. The van der Waals surface area contributed by atoms with Gasteiger partial charge in [-0.25, -0.2) is 4.98 Å². The quantitative estimate of drug-likeness (QED) is 0.553. The molecule has 0 fully saturated rings. The Morgan fingerprint density at radius 2 is 1.72 bits per heavy atom. The van der Waals surface area contributed by atoms with Crippen molar-refractivity contribution in [1.82, 2.24) is 14.9 Å². The molecule has 0 spiro atoms. The summed E-state index contributed by atoms with van der Waals surface area (Å²) in [7, 11) is 7.81. The number of nitrogens with one attached hydrogen (secondary N) is 1. The van der Waals surface area contributed by atoms with Crippen molar-refractivity contribution in [3.05, 3.63) is 35.9 Å². The van der Waals surface area contributed by atoms with Crippen LogP contribution in [0.25, 0.3) is 20.7 Å². The summed E-state index contributed by atoms with van der Waals surface area (Å²) in [5.41, 5.74) is 0.852. The molecule has 0 atom stereocenters. The average Bonchev–Trinajstić information content (AvgIpc) is 3.08. The molecule has 0 aliphatic heterocycles. The molecule has 1 aromatic carbocycles. The maximum absolute atomic E-state index is 12.8. The third kappa shape index (κ3) is 5.16. The third-order valence-corrected chi connectivity index (χ3v) is 5.51. The molecule has 1 N–H and O–H groups in total. The van der Waals surface area contributed by atoms with Gasteiger partial charge in [0.2, 0.25) is 5.95 Å². The smallest absolute Gasteiger partial charge is 0.369 e. The molecule has 0 amide bonds. The predicted octanol–water partition coefficient (Wildman–Crippen LogP) is 4.81. The van der Waals surface area contributed by atoms with Crippen LogP contribution in [-0.4, -0.2) is 56.1 Å². The lowest BCUT2D eigenvalue weighted by atomic mass is 10.1. The first kappa shape index (κ1) is 21.3. The fraction of sp³-hybridized carbons (Fsp3) is 0.400. The molecule has 0 bridgehead atoms. The van der Waals surface area contributed by atoms with E-state index < -0.39 is 11.7 Å². The second kappa shape index (κ2) is 8.54. The second-order valence-electron chi connectivity index (χ2n) is 7.25. The predicted molar refractivity (Wildman–Crippen MR) is 114 cm³/mol. The van der Waals surface area contributed by atoms with Gasteiger partial charge in [0.25, 0.3) is 0 Å². The Kier molecular flexibility index (Phi) is 6.28. The Morgan fingerprint density at radius 1 is 1.03 bits per heavy atom. The standard InChI is InChI=1S/C20H24F3N5S/c1-27(2)11-5-10-24-18-17-15(25-19(26-18)28(3)4)12-16(29-17)13-6-8-14(9-7-13)20(21,22)23/h6-9,12H,5,10-11H2,1-4H3,(H,24,25,26). The molecule has 2 heterocycles. The lowest BCUT2D eigenvalue weighted by Crippen LogP contribution is -2.17. The normalized spacial score (nSPS) is 12.0. The van der Waals surface area contributed by atoms with E-state index in [0.717, 1.165) is 58.1 Å². The van der Waals surface area contributed by atoms with E-state index in [2.05, 4.69) is 20.2 Å². The molecule has 0 aliphatic carbocycles. The van der Waals surface area contributed by atoms with Crippen molar-refractivity contribution in [2.75, 3.05) is 51.5 Å². The Bertz CT molecular complexity index is 965. The lowest BCUT2D eigenvalue weighted by molar-refractivity contribution is -0.137. The summed E-state index contributed by atoms with van der Waals surface area (Å²) in [5, 5.41) is 3.39. The molecule has 0 radical (unpaired) electrons. The highest BCUT2D eigenvalue weighted by Gasteiger charge is 2.30. The lowest BCUT2D eigenvalue weighted by Gasteiger charge is -2.14. The Hall–Kier alpha value is -2.39. The van der Waals surface area contributed by atoms with Crippen LogP contribution in [0, 0.1) is 0 Å². The van der Waals surface area contributed by atoms with E-state index in [1.807, 2.05) is 39.2 Å². The highest BCUT2D eigenvalue weighted by Crippen LogP contribution is 2.38. The minimum absolute atomic E-state index is 0.587. The van der Waals surface area contributed by atoms with E-state index in [0.29, 0.717) is 5.95 Å². The first-order valence-electron chi connectivity index (χ1n) is 9.20. The van der Waals surface area contributed by atoms with Crippen LogP contribution in [-0.2, 0) is 6.18 Å². The zero-order chi connectivity index (χ0) is 21.2. The molecule has 0 saturated heterocycles. The summed E-state index contributed by atoms with van der Waals surface area (Å²) < 4.78 is 39.4. The summed E-state index contributed by atoms with van der Waals surface area (Å²) in [5.74, 6) is 1.34. The van der Waals surface area contributed by atoms with Crippen LogP contribution < -0.4 is 10.2 Å². The molecule has 29 heavy (non-hydrogen) atoms. The Labute approximate surface area is 172 Å². The Balaban J connectivity index is 1.93. The van der Waals surface area contributed by atoms with Gasteiger partial charge in [-0.3, -0.25) is 0 Å². The van der Waals surface area contributed by atoms with Crippen LogP contribution in [0.2, 0.25) is 0 Å². The number of alkyl halides is 3. The second-order valence-corrected chi connectivity index (χ2v) is 8.30. The van der Waals surface area contributed by atoms with Gasteiger partial charge in [0.15, 0.2) is 0 Å².